The summed E-state index contributed by atoms with van der Waals surface area (Å²) in [5, 5.41) is 6.25. The number of nitrogens with one attached hydrogen (secondary N) is 1. The number of anilines is 2. The standard InChI is InChI=1S/C23H19N5O3S/c1-12(22-25-14(3)26-31-22)24-21(29)13(2)27-11-18-16(6-5-7-17(18)23(27)30)15-8-9-19-20(10-15)28(19)32-4/h5-10H,1-2,11H2,3-4H3,(H,24,29). The van der Waals surface area contributed by atoms with Crippen molar-refractivity contribution < 1.29 is 14.1 Å². The second kappa shape index (κ2) is 7.38. The predicted molar refractivity (Wildman–Crippen MR) is 123 cm³/mol. The first-order chi connectivity index (χ1) is 15.4. The first-order valence-corrected chi connectivity index (χ1v) is 11.0. The molecule has 2 aliphatic heterocycles. The zero-order chi connectivity index (χ0) is 22.6. The Labute approximate surface area is 188 Å². The normalized spacial score (nSPS) is 13.6. The molecule has 32 heavy (non-hydrogen) atoms. The van der Waals surface area contributed by atoms with Crippen molar-refractivity contribution in [2.45, 2.75) is 13.5 Å². The van der Waals surface area contributed by atoms with Crippen molar-refractivity contribution >= 4 is 40.8 Å². The largest absolute Gasteiger partial charge is 0.332 e. The third-order valence-electron chi connectivity index (χ3n) is 5.46. The van der Waals surface area contributed by atoms with Crippen molar-refractivity contribution in [2.75, 3.05) is 10.6 Å². The van der Waals surface area contributed by atoms with Crippen LogP contribution in [0, 0.1) is 6.92 Å². The first kappa shape index (κ1) is 20.1. The third-order valence-corrected chi connectivity index (χ3v) is 6.22. The molecule has 0 saturated heterocycles. The maximum absolute atomic E-state index is 13.1. The number of nitrogens with zero attached hydrogens (tertiary/aromatic N) is 4. The molecule has 2 aliphatic rings. The summed E-state index contributed by atoms with van der Waals surface area (Å²) in [7, 11) is 0. The Morgan fingerprint density at radius 2 is 1.97 bits per heavy atom. The van der Waals surface area contributed by atoms with Crippen molar-refractivity contribution in [3.63, 3.8) is 0 Å². The third kappa shape index (κ3) is 3.18. The van der Waals surface area contributed by atoms with Crippen LogP contribution >= 0.6 is 11.9 Å². The highest BCUT2D eigenvalue weighted by atomic mass is 32.2. The minimum atomic E-state index is -0.561. The molecule has 9 heteroatoms. The molecule has 1 N–H and O–H groups in total. The van der Waals surface area contributed by atoms with Gasteiger partial charge in [-0.25, -0.2) is 0 Å². The first-order valence-electron chi connectivity index (χ1n) is 9.81. The number of aryl methyl sites for hydroxylation is 1. The Morgan fingerprint density at radius 3 is 2.69 bits per heavy atom. The molecular weight excluding hydrogens is 426 g/mol. The van der Waals surface area contributed by atoms with Gasteiger partial charge in [-0.1, -0.05) is 36.5 Å². The van der Waals surface area contributed by atoms with Gasteiger partial charge in [-0.15, -0.1) is 0 Å². The van der Waals surface area contributed by atoms with Crippen LogP contribution < -0.4 is 9.62 Å². The molecule has 1 aromatic heterocycles. The van der Waals surface area contributed by atoms with Gasteiger partial charge in [-0.05, 0) is 53.8 Å². The molecule has 0 bridgehead atoms. The van der Waals surface area contributed by atoms with E-state index in [0.717, 1.165) is 16.7 Å². The Morgan fingerprint density at radius 1 is 1.19 bits per heavy atom. The van der Waals surface area contributed by atoms with Crippen molar-refractivity contribution in [3.05, 3.63) is 78.1 Å². The Kier molecular flexibility index (Phi) is 4.63. The number of benzene rings is 2. The summed E-state index contributed by atoms with van der Waals surface area (Å²) in [6.07, 6.45) is 2.03. The SMILES string of the molecule is C=C(NC(=O)C(=C)N1Cc2c(cccc2-c2ccc3c(c2)N3SC)C1=O)c1nc(C)no1. The summed E-state index contributed by atoms with van der Waals surface area (Å²) >= 11 is 1.65. The second-order valence-corrected chi connectivity index (χ2v) is 8.16. The average Bonchev–Trinajstić information content (AvgIpc) is 3.13. The van der Waals surface area contributed by atoms with Crippen LogP contribution in [0.4, 0.5) is 11.4 Å². The molecule has 0 saturated carbocycles. The molecule has 0 spiro atoms. The van der Waals surface area contributed by atoms with Gasteiger partial charge in [0.25, 0.3) is 17.7 Å². The maximum Gasteiger partial charge on any atom is 0.273 e. The highest BCUT2D eigenvalue weighted by molar-refractivity contribution is 8.00. The lowest BCUT2D eigenvalue weighted by Crippen LogP contribution is -2.34. The summed E-state index contributed by atoms with van der Waals surface area (Å²) in [6.45, 7) is 9.51. The van der Waals surface area contributed by atoms with Crippen LogP contribution in [0.25, 0.3) is 16.8 Å². The molecule has 0 unspecified atom stereocenters. The number of fused-ring (bicyclic) bond motifs is 2. The molecule has 8 nitrogen and oxygen atoms in total. The lowest BCUT2D eigenvalue weighted by atomic mass is 9.97. The van der Waals surface area contributed by atoms with E-state index in [1.165, 1.54) is 16.3 Å². The van der Waals surface area contributed by atoms with Crippen LogP contribution in [0.2, 0.25) is 0 Å². The molecule has 3 heterocycles. The minimum Gasteiger partial charge on any atom is -0.332 e. The molecule has 0 aliphatic carbocycles. The fraction of sp³-hybridized carbons (Fsp3) is 0.130. The van der Waals surface area contributed by atoms with E-state index in [-0.39, 0.29) is 29.7 Å². The van der Waals surface area contributed by atoms with E-state index in [0.29, 0.717) is 11.4 Å². The zero-order valence-corrected chi connectivity index (χ0v) is 18.3. The number of hydrogen-bond donors (Lipinski definition) is 1. The van der Waals surface area contributed by atoms with E-state index in [1.807, 2.05) is 18.4 Å². The monoisotopic (exact) mass is 445 g/mol. The second-order valence-electron chi connectivity index (χ2n) is 7.43. The number of rotatable bonds is 6. The van der Waals surface area contributed by atoms with E-state index in [9.17, 15) is 9.59 Å². The summed E-state index contributed by atoms with van der Waals surface area (Å²) in [4.78, 5) is 31.2. The number of carbonyl (C=O) groups is 2. The van der Waals surface area contributed by atoms with Crippen molar-refractivity contribution in [1.82, 2.24) is 20.4 Å². The predicted octanol–water partition coefficient (Wildman–Crippen LogP) is 4.03. The highest BCUT2D eigenvalue weighted by Gasteiger charge is 2.34. The number of amides is 2. The van der Waals surface area contributed by atoms with Crippen LogP contribution in [0.3, 0.4) is 0 Å². The molecule has 2 amide bonds. The van der Waals surface area contributed by atoms with Gasteiger partial charge < -0.3 is 9.84 Å². The minimum absolute atomic E-state index is 0.0171. The number of aromatic nitrogens is 2. The molecule has 0 fully saturated rings. The Bertz CT molecular complexity index is 1330. The van der Waals surface area contributed by atoms with E-state index < -0.39 is 5.91 Å². The lowest BCUT2D eigenvalue weighted by Gasteiger charge is -2.18. The average molecular weight is 446 g/mol. The van der Waals surface area contributed by atoms with Gasteiger partial charge in [0.2, 0.25) is 0 Å². The van der Waals surface area contributed by atoms with Crippen molar-refractivity contribution in [1.29, 1.82) is 0 Å². The summed E-state index contributed by atoms with van der Waals surface area (Å²) < 4.78 is 7.15. The van der Waals surface area contributed by atoms with E-state index in [4.69, 9.17) is 4.52 Å². The van der Waals surface area contributed by atoms with E-state index in [1.54, 1.807) is 24.9 Å². The van der Waals surface area contributed by atoms with Crippen LogP contribution in [-0.2, 0) is 11.3 Å². The summed E-state index contributed by atoms with van der Waals surface area (Å²) in [6, 6.07) is 11.9. The van der Waals surface area contributed by atoms with Gasteiger partial charge in [-0.3, -0.25) is 18.8 Å². The van der Waals surface area contributed by atoms with E-state index >= 15 is 0 Å². The van der Waals surface area contributed by atoms with Crippen LogP contribution in [0.15, 0.2) is 59.8 Å². The fourth-order valence-corrected chi connectivity index (χ4v) is 4.47. The van der Waals surface area contributed by atoms with Gasteiger partial charge in [0.15, 0.2) is 5.82 Å². The maximum atomic E-state index is 13.1. The summed E-state index contributed by atoms with van der Waals surface area (Å²) in [5.41, 5.74) is 5.97. The fourth-order valence-electron chi connectivity index (χ4n) is 3.82. The molecule has 0 atom stereocenters. The molecule has 0 radical (unpaired) electrons. The van der Waals surface area contributed by atoms with Gasteiger partial charge in [-0.2, -0.15) is 4.98 Å². The highest BCUT2D eigenvalue weighted by Crippen LogP contribution is 2.53. The quantitative estimate of drug-likeness (QED) is 0.348. The van der Waals surface area contributed by atoms with Gasteiger partial charge in [0, 0.05) is 11.8 Å². The van der Waals surface area contributed by atoms with Crippen LogP contribution in [-0.4, -0.2) is 33.1 Å². The number of carbonyl (C=O) groups excluding carboxylic acids is 2. The van der Waals surface area contributed by atoms with Crippen LogP contribution in [0.5, 0.6) is 0 Å². The Balaban J connectivity index is 1.37. The lowest BCUT2D eigenvalue weighted by molar-refractivity contribution is -0.117. The molecule has 5 rings (SSSR count). The van der Waals surface area contributed by atoms with Crippen molar-refractivity contribution in [3.8, 4) is 11.1 Å². The Hall–Kier alpha value is -3.85. The van der Waals surface area contributed by atoms with Gasteiger partial charge in [0.1, 0.15) is 5.70 Å². The smallest absolute Gasteiger partial charge is 0.273 e. The van der Waals surface area contributed by atoms with Crippen molar-refractivity contribution in [2.24, 2.45) is 0 Å². The van der Waals surface area contributed by atoms with E-state index in [2.05, 4.69) is 51.1 Å². The molecule has 2 aromatic carbocycles. The molecule has 3 aromatic rings. The molecular formula is C23H19N5O3S. The molecule has 160 valence electrons. The summed E-state index contributed by atoms with van der Waals surface area (Å²) in [5.74, 6) is -0.300. The zero-order valence-electron chi connectivity index (χ0n) is 17.5. The van der Waals surface area contributed by atoms with Gasteiger partial charge in [0.05, 0.1) is 23.6 Å². The topological polar surface area (TPSA) is 91.3 Å². The number of hydrogen-bond acceptors (Lipinski definition) is 7. The van der Waals surface area contributed by atoms with Gasteiger partial charge >= 0.3 is 0 Å². The van der Waals surface area contributed by atoms with Crippen LogP contribution in [0.1, 0.15) is 27.6 Å².